The molecule has 4 aromatic rings. The van der Waals surface area contributed by atoms with E-state index >= 15 is 0 Å². The van der Waals surface area contributed by atoms with Crippen molar-refractivity contribution in [2.45, 2.75) is 30.8 Å². The van der Waals surface area contributed by atoms with Crippen LogP contribution in [0.4, 0.5) is 10.1 Å². The first-order valence-electron chi connectivity index (χ1n) is 13.5. The highest BCUT2D eigenvalue weighted by Gasteiger charge is 2.34. The summed E-state index contributed by atoms with van der Waals surface area (Å²) in [6.45, 7) is 1.38. The summed E-state index contributed by atoms with van der Waals surface area (Å²) in [5.41, 5.74) is 1.44. The molecule has 0 saturated heterocycles. The van der Waals surface area contributed by atoms with Gasteiger partial charge in [0.15, 0.2) is 0 Å². The van der Waals surface area contributed by atoms with Crippen molar-refractivity contribution in [1.29, 1.82) is 0 Å². The van der Waals surface area contributed by atoms with Gasteiger partial charge in [0, 0.05) is 24.5 Å². The maximum Gasteiger partial charge on any atom is 0.264 e. The van der Waals surface area contributed by atoms with Gasteiger partial charge < -0.3 is 10.2 Å². The van der Waals surface area contributed by atoms with Crippen molar-refractivity contribution in [2.75, 3.05) is 17.4 Å². The first kappa shape index (κ1) is 32.0. The van der Waals surface area contributed by atoms with Crippen molar-refractivity contribution in [1.82, 2.24) is 10.2 Å². The second-order valence-electron chi connectivity index (χ2n) is 9.67. The molecule has 224 valence electrons. The number of carbonyl (C=O) groups excluding carboxylic acids is 2. The SMILES string of the molecule is CCNC(=O)[C@H](Cc1ccccc1)N(Cc1cccc(Cl)c1)C(=O)CN(c1ccc(F)c(Cl)c1)S(=O)(=O)c1ccccc1. The highest BCUT2D eigenvalue weighted by Crippen LogP contribution is 2.28. The number of anilines is 1. The third kappa shape index (κ3) is 8.13. The Balaban J connectivity index is 1.81. The maximum atomic E-state index is 14.3. The Morgan fingerprint density at radius 3 is 2.14 bits per heavy atom. The Morgan fingerprint density at radius 2 is 1.51 bits per heavy atom. The predicted octanol–water partition coefficient (Wildman–Crippen LogP) is 6.10. The molecule has 1 N–H and O–H groups in total. The molecule has 2 amide bonds. The zero-order chi connectivity index (χ0) is 31.0. The van der Waals surface area contributed by atoms with E-state index in [4.69, 9.17) is 23.2 Å². The van der Waals surface area contributed by atoms with E-state index in [0.717, 1.165) is 22.0 Å². The van der Waals surface area contributed by atoms with Gasteiger partial charge in [-0.2, -0.15) is 0 Å². The van der Waals surface area contributed by atoms with Gasteiger partial charge in [0.25, 0.3) is 10.0 Å². The van der Waals surface area contributed by atoms with Gasteiger partial charge in [0.05, 0.1) is 15.6 Å². The third-order valence-corrected chi connectivity index (χ3v) is 8.98. The number of sulfonamides is 1. The van der Waals surface area contributed by atoms with E-state index in [1.54, 1.807) is 49.4 Å². The number of amides is 2. The molecule has 1 atom stereocenters. The minimum absolute atomic E-state index is 0.0103. The van der Waals surface area contributed by atoms with E-state index in [1.807, 2.05) is 30.3 Å². The van der Waals surface area contributed by atoms with Crippen LogP contribution in [0.15, 0.2) is 108 Å². The van der Waals surface area contributed by atoms with Crippen molar-refractivity contribution in [3.05, 3.63) is 130 Å². The molecule has 0 spiro atoms. The number of likely N-dealkylation sites (N-methyl/N-ethyl adjacent to an activating group) is 1. The smallest absolute Gasteiger partial charge is 0.264 e. The van der Waals surface area contributed by atoms with Crippen LogP contribution < -0.4 is 9.62 Å². The average molecular weight is 643 g/mol. The molecule has 43 heavy (non-hydrogen) atoms. The van der Waals surface area contributed by atoms with Crippen LogP contribution in [0, 0.1) is 5.82 Å². The normalized spacial score (nSPS) is 11.9. The lowest BCUT2D eigenvalue weighted by Gasteiger charge is -2.34. The molecule has 7 nitrogen and oxygen atoms in total. The number of halogens is 3. The van der Waals surface area contributed by atoms with Crippen LogP contribution in [0.2, 0.25) is 10.0 Å². The molecule has 4 rings (SSSR count). The minimum Gasteiger partial charge on any atom is -0.355 e. The second-order valence-corrected chi connectivity index (χ2v) is 12.4. The highest BCUT2D eigenvalue weighted by atomic mass is 35.5. The van der Waals surface area contributed by atoms with E-state index in [-0.39, 0.29) is 28.6 Å². The van der Waals surface area contributed by atoms with Crippen LogP contribution >= 0.6 is 23.2 Å². The van der Waals surface area contributed by atoms with Gasteiger partial charge >= 0.3 is 0 Å². The molecule has 0 aliphatic carbocycles. The van der Waals surface area contributed by atoms with Crippen LogP contribution in [-0.4, -0.2) is 44.3 Å². The Bertz CT molecular complexity index is 1670. The topological polar surface area (TPSA) is 86.8 Å². The van der Waals surface area contributed by atoms with Crippen LogP contribution in [-0.2, 0) is 32.6 Å². The second kappa shape index (κ2) is 14.5. The quantitative estimate of drug-likeness (QED) is 0.202. The summed E-state index contributed by atoms with van der Waals surface area (Å²) in [6, 6.07) is 26.1. The highest BCUT2D eigenvalue weighted by molar-refractivity contribution is 7.92. The minimum atomic E-state index is -4.32. The van der Waals surface area contributed by atoms with Gasteiger partial charge in [-0.25, -0.2) is 12.8 Å². The van der Waals surface area contributed by atoms with Crippen LogP contribution in [0.5, 0.6) is 0 Å². The third-order valence-electron chi connectivity index (χ3n) is 6.67. The molecule has 11 heteroatoms. The van der Waals surface area contributed by atoms with E-state index in [2.05, 4.69) is 5.32 Å². The number of hydrogen-bond donors (Lipinski definition) is 1. The number of carbonyl (C=O) groups is 2. The summed E-state index contributed by atoms with van der Waals surface area (Å²) in [6.07, 6.45) is 0.173. The molecule has 0 radical (unpaired) electrons. The first-order valence-corrected chi connectivity index (χ1v) is 15.7. The summed E-state index contributed by atoms with van der Waals surface area (Å²) in [4.78, 5) is 29.0. The molecule has 0 fully saturated rings. The van der Waals surface area contributed by atoms with E-state index in [0.29, 0.717) is 17.1 Å². The molecule has 0 aliphatic rings. The van der Waals surface area contributed by atoms with Gasteiger partial charge in [0.1, 0.15) is 18.4 Å². The fourth-order valence-electron chi connectivity index (χ4n) is 4.57. The zero-order valence-electron chi connectivity index (χ0n) is 23.3. The van der Waals surface area contributed by atoms with Gasteiger partial charge in [0.2, 0.25) is 11.8 Å². The fourth-order valence-corrected chi connectivity index (χ4v) is 6.38. The zero-order valence-corrected chi connectivity index (χ0v) is 25.6. The molecule has 4 aromatic carbocycles. The van der Waals surface area contributed by atoms with Crippen molar-refractivity contribution in [3.8, 4) is 0 Å². The maximum absolute atomic E-state index is 14.3. The molecular weight excluding hydrogens is 612 g/mol. The Morgan fingerprint density at radius 1 is 0.860 bits per heavy atom. The summed E-state index contributed by atoms with van der Waals surface area (Å²) >= 11 is 12.3. The molecule has 0 saturated carbocycles. The first-order chi connectivity index (χ1) is 20.6. The van der Waals surface area contributed by atoms with Crippen molar-refractivity contribution in [3.63, 3.8) is 0 Å². The summed E-state index contributed by atoms with van der Waals surface area (Å²) < 4.78 is 42.8. The Kier molecular flexibility index (Phi) is 10.8. The standard InChI is InChI=1S/C32H30Cl2FN3O4S/c1-2-36-32(40)30(19-23-10-5-3-6-11-23)37(21-24-12-9-13-25(33)18-24)31(39)22-38(26-16-17-29(35)28(34)20-26)43(41,42)27-14-7-4-8-15-27/h3-18,20,30H,2,19,21-22H2,1H3,(H,36,40)/t30-/m0/s1. The molecule has 0 bridgehead atoms. The van der Waals surface area contributed by atoms with Crippen LogP contribution in [0.25, 0.3) is 0 Å². The van der Waals surface area contributed by atoms with E-state index in [1.165, 1.54) is 23.1 Å². The van der Waals surface area contributed by atoms with Crippen LogP contribution in [0.1, 0.15) is 18.1 Å². The molecular formula is C32H30Cl2FN3O4S. The van der Waals surface area contributed by atoms with Crippen LogP contribution in [0.3, 0.4) is 0 Å². The van der Waals surface area contributed by atoms with Crippen molar-refractivity contribution < 1.29 is 22.4 Å². The molecule has 0 aliphatic heterocycles. The van der Waals surface area contributed by atoms with Crippen molar-refractivity contribution in [2.24, 2.45) is 0 Å². The van der Waals surface area contributed by atoms with Crippen molar-refractivity contribution >= 4 is 50.7 Å². The summed E-state index contributed by atoms with van der Waals surface area (Å²) in [7, 11) is -4.32. The summed E-state index contributed by atoms with van der Waals surface area (Å²) in [5, 5.41) is 2.94. The number of benzene rings is 4. The number of nitrogens with zero attached hydrogens (tertiary/aromatic N) is 2. The Labute approximate surface area is 260 Å². The summed E-state index contributed by atoms with van der Waals surface area (Å²) in [5.74, 6) is -1.80. The van der Waals surface area contributed by atoms with Gasteiger partial charge in [-0.15, -0.1) is 0 Å². The Hall–Kier alpha value is -3.92. The van der Waals surface area contributed by atoms with Gasteiger partial charge in [-0.3, -0.25) is 13.9 Å². The number of rotatable bonds is 12. The largest absolute Gasteiger partial charge is 0.355 e. The fraction of sp³-hybridized carbons (Fsp3) is 0.188. The monoisotopic (exact) mass is 641 g/mol. The lowest BCUT2D eigenvalue weighted by molar-refractivity contribution is -0.140. The number of nitrogens with one attached hydrogen (secondary N) is 1. The average Bonchev–Trinajstić information content (AvgIpc) is 3.00. The molecule has 0 aromatic heterocycles. The lowest BCUT2D eigenvalue weighted by atomic mass is 10.0. The van der Waals surface area contributed by atoms with E-state index < -0.39 is 40.2 Å². The predicted molar refractivity (Wildman–Crippen MR) is 167 cm³/mol. The lowest BCUT2D eigenvalue weighted by Crippen LogP contribution is -2.53. The van der Waals surface area contributed by atoms with Gasteiger partial charge in [-0.05, 0) is 60.5 Å². The van der Waals surface area contributed by atoms with Gasteiger partial charge in [-0.1, -0.05) is 83.9 Å². The molecule has 0 heterocycles. The molecule has 0 unspecified atom stereocenters. The van der Waals surface area contributed by atoms with E-state index in [9.17, 15) is 22.4 Å². The number of hydrogen-bond acceptors (Lipinski definition) is 4.